The Labute approximate surface area is 154 Å². The van der Waals surface area contributed by atoms with Crippen LogP contribution < -0.4 is 5.32 Å². The van der Waals surface area contributed by atoms with E-state index in [2.05, 4.69) is 17.1 Å². The predicted molar refractivity (Wildman–Crippen MR) is 97.6 cm³/mol. The number of nitro benzene ring substituents is 1. The number of nitrogens with zero attached hydrogens (tertiary/aromatic N) is 2. The van der Waals surface area contributed by atoms with Gasteiger partial charge in [-0.25, -0.2) is 0 Å². The van der Waals surface area contributed by atoms with Crippen LogP contribution in [0.1, 0.15) is 37.8 Å². The Bertz CT molecular complexity index is 540. The summed E-state index contributed by atoms with van der Waals surface area (Å²) in [4.78, 5) is 12.7. The molecule has 0 amide bonds. The molecule has 0 aromatic heterocycles. The average Bonchev–Trinajstić information content (AvgIpc) is 2.51. The molecule has 9 heteroatoms. The topological polar surface area (TPSA) is 98.9 Å². The van der Waals surface area contributed by atoms with Crippen LogP contribution in [-0.2, 0) is 0 Å². The molecule has 24 heavy (non-hydrogen) atoms. The van der Waals surface area contributed by atoms with Crippen molar-refractivity contribution in [2.75, 3.05) is 26.2 Å². The fraction of sp³-hybridized carbons (Fsp3) is 0.600. The summed E-state index contributed by atoms with van der Waals surface area (Å²) in [7, 11) is 0. The Kier molecular flexibility index (Phi) is 9.99. The Morgan fingerprint density at radius 1 is 1.29 bits per heavy atom. The number of unbranched alkanes of at least 4 members (excludes halogenated alkanes) is 1. The zero-order valence-electron chi connectivity index (χ0n) is 13.6. The van der Waals surface area contributed by atoms with Gasteiger partial charge >= 0.3 is 5.69 Å². The van der Waals surface area contributed by atoms with Gasteiger partial charge in [0.05, 0.1) is 4.92 Å². The lowest BCUT2D eigenvalue weighted by Gasteiger charge is -2.35. The molecule has 1 aliphatic rings. The van der Waals surface area contributed by atoms with Crippen LogP contribution >= 0.6 is 24.8 Å². The SMILES string of the molecule is CCCC[C@@H](c1cc(O)c(O)c([N+](=O)[O-])c1)N1CCNCC1.Cl.Cl. The van der Waals surface area contributed by atoms with Gasteiger partial charge in [-0.15, -0.1) is 24.8 Å². The molecular formula is C15H25Cl2N3O4. The van der Waals surface area contributed by atoms with Gasteiger partial charge in [-0.2, -0.15) is 0 Å². The second kappa shape index (κ2) is 10.6. The zero-order valence-corrected chi connectivity index (χ0v) is 15.2. The van der Waals surface area contributed by atoms with Gasteiger partial charge in [0.25, 0.3) is 0 Å². The van der Waals surface area contributed by atoms with Crippen molar-refractivity contribution < 1.29 is 15.1 Å². The number of aromatic hydroxyl groups is 2. The average molecular weight is 382 g/mol. The fourth-order valence-corrected chi connectivity index (χ4v) is 2.91. The molecule has 1 saturated heterocycles. The van der Waals surface area contributed by atoms with E-state index in [0.29, 0.717) is 5.56 Å². The Morgan fingerprint density at radius 3 is 2.46 bits per heavy atom. The summed E-state index contributed by atoms with van der Waals surface area (Å²) < 4.78 is 0. The number of halogens is 2. The Morgan fingerprint density at radius 2 is 1.92 bits per heavy atom. The quantitative estimate of drug-likeness (QED) is 0.398. The Balaban J connectivity index is 0.00000264. The summed E-state index contributed by atoms with van der Waals surface area (Å²) in [6, 6.07) is 2.86. The van der Waals surface area contributed by atoms with E-state index in [1.165, 1.54) is 12.1 Å². The second-order valence-corrected chi connectivity index (χ2v) is 5.61. The number of hydrogen-bond acceptors (Lipinski definition) is 6. The van der Waals surface area contributed by atoms with Crippen LogP contribution in [0.3, 0.4) is 0 Å². The lowest BCUT2D eigenvalue weighted by Crippen LogP contribution is -2.45. The molecule has 2 rings (SSSR count). The molecular weight excluding hydrogens is 357 g/mol. The van der Waals surface area contributed by atoms with E-state index in [1.807, 2.05) is 0 Å². The molecule has 0 spiro atoms. The number of nitro groups is 1. The van der Waals surface area contributed by atoms with E-state index in [0.717, 1.165) is 45.4 Å². The van der Waals surface area contributed by atoms with Gasteiger partial charge in [0.15, 0.2) is 5.75 Å². The third kappa shape index (κ3) is 5.37. The van der Waals surface area contributed by atoms with Crippen molar-refractivity contribution in [3.05, 3.63) is 27.8 Å². The van der Waals surface area contributed by atoms with E-state index in [-0.39, 0.29) is 30.9 Å². The number of nitrogens with one attached hydrogen (secondary N) is 1. The highest BCUT2D eigenvalue weighted by molar-refractivity contribution is 5.85. The first-order chi connectivity index (χ1) is 10.5. The molecule has 1 heterocycles. The summed E-state index contributed by atoms with van der Waals surface area (Å²) in [5.74, 6) is -1.09. The van der Waals surface area contributed by atoms with E-state index in [9.17, 15) is 20.3 Å². The van der Waals surface area contributed by atoms with Crippen molar-refractivity contribution in [2.45, 2.75) is 32.2 Å². The third-order valence-corrected chi connectivity index (χ3v) is 4.10. The first-order valence-electron chi connectivity index (χ1n) is 7.69. The maximum absolute atomic E-state index is 11.0. The normalized spacial score (nSPS) is 15.9. The minimum Gasteiger partial charge on any atom is -0.504 e. The lowest BCUT2D eigenvalue weighted by atomic mass is 9.97. The molecule has 0 bridgehead atoms. The lowest BCUT2D eigenvalue weighted by molar-refractivity contribution is -0.386. The molecule has 1 aromatic rings. The summed E-state index contributed by atoms with van der Waals surface area (Å²) >= 11 is 0. The largest absolute Gasteiger partial charge is 0.504 e. The molecule has 3 N–H and O–H groups in total. The Hall–Kier alpha value is -1.28. The van der Waals surface area contributed by atoms with Crippen molar-refractivity contribution in [3.63, 3.8) is 0 Å². The van der Waals surface area contributed by atoms with Gasteiger partial charge in [-0.3, -0.25) is 15.0 Å². The summed E-state index contributed by atoms with van der Waals surface area (Å²) in [5.41, 5.74) is 0.254. The van der Waals surface area contributed by atoms with Gasteiger partial charge in [-0.1, -0.05) is 19.8 Å². The first-order valence-corrected chi connectivity index (χ1v) is 7.69. The monoisotopic (exact) mass is 381 g/mol. The van der Waals surface area contributed by atoms with Crippen molar-refractivity contribution in [2.24, 2.45) is 0 Å². The van der Waals surface area contributed by atoms with Crippen molar-refractivity contribution in [3.8, 4) is 11.5 Å². The highest BCUT2D eigenvalue weighted by Gasteiger charge is 2.26. The van der Waals surface area contributed by atoms with Crippen molar-refractivity contribution in [1.29, 1.82) is 0 Å². The van der Waals surface area contributed by atoms with Gasteiger partial charge in [0, 0.05) is 38.3 Å². The number of benzene rings is 1. The minimum absolute atomic E-state index is 0. The molecule has 0 saturated carbocycles. The predicted octanol–water partition coefficient (Wildman–Crippen LogP) is 2.99. The highest BCUT2D eigenvalue weighted by Crippen LogP contribution is 2.40. The molecule has 138 valence electrons. The van der Waals surface area contributed by atoms with E-state index >= 15 is 0 Å². The molecule has 1 aromatic carbocycles. The number of phenolic OH excluding ortho intramolecular Hbond substituents is 2. The maximum atomic E-state index is 11.0. The summed E-state index contributed by atoms with van der Waals surface area (Å²) in [5, 5.41) is 33.8. The van der Waals surface area contributed by atoms with Gasteiger partial charge < -0.3 is 15.5 Å². The maximum Gasteiger partial charge on any atom is 0.314 e. The fourth-order valence-electron chi connectivity index (χ4n) is 2.91. The highest BCUT2D eigenvalue weighted by atomic mass is 35.5. The molecule has 1 fully saturated rings. The molecule has 1 aliphatic heterocycles. The van der Waals surface area contributed by atoms with Crippen LogP contribution in [0.2, 0.25) is 0 Å². The molecule has 7 nitrogen and oxygen atoms in total. The molecule has 1 atom stereocenters. The van der Waals surface area contributed by atoms with Gasteiger partial charge in [0.1, 0.15) is 0 Å². The van der Waals surface area contributed by atoms with Crippen LogP contribution in [0.4, 0.5) is 5.69 Å². The first kappa shape index (κ1) is 22.7. The van der Waals surface area contributed by atoms with E-state index < -0.39 is 22.1 Å². The number of rotatable bonds is 6. The number of phenols is 2. The van der Waals surface area contributed by atoms with Crippen LogP contribution in [0, 0.1) is 10.1 Å². The zero-order chi connectivity index (χ0) is 16.1. The minimum atomic E-state index is -0.664. The van der Waals surface area contributed by atoms with E-state index in [4.69, 9.17) is 0 Å². The van der Waals surface area contributed by atoms with Crippen LogP contribution in [-0.4, -0.2) is 46.2 Å². The van der Waals surface area contributed by atoms with Crippen LogP contribution in [0.5, 0.6) is 11.5 Å². The second-order valence-electron chi connectivity index (χ2n) is 5.61. The number of hydrogen-bond donors (Lipinski definition) is 3. The molecule has 0 aliphatic carbocycles. The molecule has 0 unspecified atom stereocenters. The van der Waals surface area contributed by atoms with E-state index in [1.54, 1.807) is 0 Å². The summed E-state index contributed by atoms with van der Waals surface area (Å²) in [6.45, 7) is 5.60. The third-order valence-electron chi connectivity index (χ3n) is 4.10. The van der Waals surface area contributed by atoms with Gasteiger partial charge in [0.2, 0.25) is 5.75 Å². The van der Waals surface area contributed by atoms with Crippen molar-refractivity contribution in [1.82, 2.24) is 10.2 Å². The standard InChI is InChI=1S/C15H23N3O4.2ClH/c1-2-3-4-12(17-7-5-16-6-8-17)11-9-13(18(21)22)15(20)14(19)10-11;;/h9-10,12,16,19-20H,2-8H2,1H3;2*1H/t12-;;/m0../s1. The van der Waals surface area contributed by atoms with Gasteiger partial charge in [-0.05, 0) is 18.1 Å². The van der Waals surface area contributed by atoms with Crippen LogP contribution in [0.15, 0.2) is 12.1 Å². The van der Waals surface area contributed by atoms with Crippen molar-refractivity contribution >= 4 is 30.5 Å². The van der Waals surface area contributed by atoms with Crippen LogP contribution in [0.25, 0.3) is 0 Å². The summed E-state index contributed by atoms with van der Waals surface area (Å²) in [6.07, 6.45) is 2.91. The number of piperazine rings is 1. The molecule has 0 radical (unpaired) electrons. The smallest absolute Gasteiger partial charge is 0.314 e.